The fraction of sp³-hybridized carbons (Fsp3) is 0.333. The molecule has 1 aliphatic rings. The van der Waals surface area contributed by atoms with Crippen LogP contribution < -0.4 is 15.2 Å². The average molecular weight is 480 g/mol. The maximum Gasteiger partial charge on any atom is 0.368 e. The van der Waals surface area contributed by atoms with Crippen LogP contribution in [-0.2, 0) is 18.4 Å². The monoisotopic (exact) mass is 479 g/mol. The van der Waals surface area contributed by atoms with Crippen LogP contribution >= 0.6 is 11.3 Å². The van der Waals surface area contributed by atoms with Gasteiger partial charge in [-0.2, -0.15) is 9.36 Å². The molecule has 0 radical (unpaired) electrons. The van der Waals surface area contributed by atoms with Crippen molar-refractivity contribution in [1.29, 1.82) is 0 Å². The van der Waals surface area contributed by atoms with E-state index in [1.165, 1.54) is 20.7 Å². The molecular formula is C24H25N5O4S. The van der Waals surface area contributed by atoms with Crippen molar-refractivity contribution in [3.05, 3.63) is 69.5 Å². The highest BCUT2D eigenvalue weighted by Gasteiger charge is 2.17. The van der Waals surface area contributed by atoms with Gasteiger partial charge in [0.2, 0.25) is 0 Å². The number of ether oxygens (including phenoxy) is 3. The molecule has 3 heterocycles. The smallest absolute Gasteiger partial charge is 0.368 e. The van der Waals surface area contributed by atoms with Crippen LogP contribution in [0.15, 0.2) is 52.6 Å². The standard InChI is InChI=1S/C24H25N5O4S/c1-16-7-5-10-21(29-24(30)28(2)26-27-29)19(16)14-32-23-25-20(15-34-23)17-8-6-9-18(13-17)33-22-11-3-4-12-31-22/h5-10,13,15,22H,3-4,11-12,14H2,1-2H3. The molecule has 176 valence electrons. The van der Waals surface area contributed by atoms with Crippen molar-refractivity contribution in [1.82, 2.24) is 24.8 Å². The van der Waals surface area contributed by atoms with E-state index in [2.05, 4.69) is 15.4 Å². The average Bonchev–Trinajstić information content (AvgIpc) is 3.46. The minimum absolute atomic E-state index is 0.191. The summed E-state index contributed by atoms with van der Waals surface area (Å²) < 4.78 is 20.2. The van der Waals surface area contributed by atoms with Crippen LogP contribution in [0.2, 0.25) is 0 Å². The minimum atomic E-state index is -0.316. The van der Waals surface area contributed by atoms with Gasteiger partial charge in [-0.05, 0) is 54.0 Å². The number of hydrogen-bond acceptors (Lipinski definition) is 8. The Hall–Kier alpha value is -3.50. The van der Waals surface area contributed by atoms with E-state index < -0.39 is 0 Å². The quantitative estimate of drug-likeness (QED) is 0.397. The van der Waals surface area contributed by atoms with E-state index in [9.17, 15) is 4.79 Å². The molecule has 2 aromatic carbocycles. The second kappa shape index (κ2) is 9.78. The zero-order chi connectivity index (χ0) is 23.5. The number of tetrazole rings is 1. The van der Waals surface area contributed by atoms with Crippen molar-refractivity contribution in [2.24, 2.45) is 7.05 Å². The number of nitrogens with zero attached hydrogens (tertiary/aromatic N) is 5. The van der Waals surface area contributed by atoms with Crippen molar-refractivity contribution in [2.45, 2.75) is 39.1 Å². The Morgan fingerprint density at radius 2 is 2.06 bits per heavy atom. The Bertz CT molecular complexity index is 1340. The fourth-order valence-corrected chi connectivity index (χ4v) is 4.49. The van der Waals surface area contributed by atoms with Gasteiger partial charge < -0.3 is 14.2 Å². The fourth-order valence-electron chi connectivity index (χ4n) is 3.81. The van der Waals surface area contributed by atoms with Crippen molar-refractivity contribution in [3.8, 4) is 27.9 Å². The van der Waals surface area contributed by atoms with Gasteiger partial charge in [-0.3, -0.25) is 0 Å². The normalized spacial score (nSPS) is 15.9. The van der Waals surface area contributed by atoms with Crippen molar-refractivity contribution in [3.63, 3.8) is 0 Å². The van der Waals surface area contributed by atoms with Gasteiger partial charge in [-0.1, -0.05) is 35.6 Å². The maximum atomic E-state index is 12.4. The molecule has 10 heteroatoms. The van der Waals surface area contributed by atoms with Gasteiger partial charge in [0.25, 0.3) is 5.19 Å². The summed E-state index contributed by atoms with van der Waals surface area (Å²) in [5.41, 5.74) is 3.92. The van der Waals surface area contributed by atoms with E-state index in [-0.39, 0.29) is 18.6 Å². The third kappa shape index (κ3) is 4.73. The molecule has 0 amide bonds. The second-order valence-electron chi connectivity index (χ2n) is 8.10. The van der Waals surface area contributed by atoms with E-state index in [1.807, 2.05) is 54.8 Å². The van der Waals surface area contributed by atoms with Gasteiger partial charge >= 0.3 is 5.69 Å². The third-order valence-electron chi connectivity index (χ3n) is 5.69. The maximum absolute atomic E-state index is 12.4. The third-order valence-corrected chi connectivity index (χ3v) is 6.45. The van der Waals surface area contributed by atoms with Gasteiger partial charge in [0.15, 0.2) is 6.29 Å². The first kappa shape index (κ1) is 22.3. The molecule has 0 N–H and O–H groups in total. The van der Waals surface area contributed by atoms with Gasteiger partial charge in [-0.25, -0.2) is 9.78 Å². The minimum Gasteiger partial charge on any atom is -0.465 e. The summed E-state index contributed by atoms with van der Waals surface area (Å²) in [6.45, 7) is 2.96. The number of benzene rings is 2. The number of rotatable bonds is 7. The molecule has 1 aliphatic heterocycles. The van der Waals surface area contributed by atoms with Crippen molar-refractivity contribution >= 4 is 11.3 Å². The number of aromatic nitrogens is 5. The van der Waals surface area contributed by atoms with Crippen molar-refractivity contribution < 1.29 is 14.2 Å². The molecule has 5 rings (SSSR count). The van der Waals surface area contributed by atoms with Gasteiger partial charge in [-0.15, -0.1) is 0 Å². The molecule has 0 spiro atoms. The summed E-state index contributed by atoms with van der Waals surface area (Å²) in [6, 6.07) is 13.5. The first-order valence-corrected chi connectivity index (χ1v) is 12.0. The lowest BCUT2D eigenvalue weighted by Crippen LogP contribution is -2.24. The number of aryl methyl sites for hydroxylation is 2. The molecule has 4 aromatic rings. The van der Waals surface area contributed by atoms with Gasteiger partial charge in [0.05, 0.1) is 18.0 Å². The molecular weight excluding hydrogens is 454 g/mol. The Kier molecular flexibility index (Phi) is 6.41. The molecule has 0 saturated carbocycles. The van der Waals surface area contributed by atoms with Crippen LogP contribution in [0.25, 0.3) is 16.9 Å². The summed E-state index contributed by atoms with van der Waals surface area (Å²) in [6.07, 6.45) is 2.91. The van der Waals surface area contributed by atoms with E-state index >= 15 is 0 Å². The molecule has 1 fully saturated rings. The van der Waals surface area contributed by atoms with E-state index in [4.69, 9.17) is 14.2 Å². The SMILES string of the molecule is Cc1cccc(-n2nnn(C)c2=O)c1COc1nc(-c2cccc(OC3CCCCO3)c2)cs1. The Morgan fingerprint density at radius 3 is 2.85 bits per heavy atom. The first-order chi connectivity index (χ1) is 16.6. The molecule has 1 unspecified atom stereocenters. The summed E-state index contributed by atoms with van der Waals surface area (Å²) in [4.78, 5) is 17.0. The van der Waals surface area contributed by atoms with E-state index in [0.29, 0.717) is 10.9 Å². The molecule has 2 aromatic heterocycles. The zero-order valence-electron chi connectivity index (χ0n) is 19.0. The lowest BCUT2D eigenvalue weighted by Gasteiger charge is -2.23. The van der Waals surface area contributed by atoms with Gasteiger partial charge in [0, 0.05) is 30.0 Å². The Balaban J connectivity index is 1.31. The van der Waals surface area contributed by atoms with Gasteiger partial charge in [0.1, 0.15) is 12.4 Å². The molecule has 9 nitrogen and oxygen atoms in total. The van der Waals surface area contributed by atoms with Crippen LogP contribution in [0.5, 0.6) is 10.9 Å². The number of thiazole rings is 1. The summed E-state index contributed by atoms with van der Waals surface area (Å²) in [5.74, 6) is 0.763. The summed E-state index contributed by atoms with van der Waals surface area (Å²) in [7, 11) is 1.57. The first-order valence-electron chi connectivity index (χ1n) is 11.1. The zero-order valence-corrected chi connectivity index (χ0v) is 19.8. The van der Waals surface area contributed by atoms with Crippen LogP contribution in [0.1, 0.15) is 30.4 Å². The Labute approximate surface area is 200 Å². The second-order valence-corrected chi connectivity index (χ2v) is 8.92. The summed E-state index contributed by atoms with van der Waals surface area (Å²) >= 11 is 1.42. The van der Waals surface area contributed by atoms with Crippen LogP contribution in [-0.4, -0.2) is 37.7 Å². The molecule has 1 saturated heterocycles. The predicted octanol–water partition coefficient (Wildman–Crippen LogP) is 3.88. The highest BCUT2D eigenvalue weighted by Crippen LogP contribution is 2.30. The molecule has 0 aliphatic carbocycles. The topological polar surface area (TPSA) is 93.3 Å². The van der Waals surface area contributed by atoms with Crippen molar-refractivity contribution in [2.75, 3.05) is 6.61 Å². The highest BCUT2D eigenvalue weighted by atomic mass is 32.1. The number of hydrogen-bond donors (Lipinski definition) is 0. The molecule has 0 bridgehead atoms. The van der Waals surface area contributed by atoms with Crippen LogP contribution in [0, 0.1) is 6.92 Å². The largest absolute Gasteiger partial charge is 0.465 e. The highest BCUT2D eigenvalue weighted by molar-refractivity contribution is 7.11. The van der Waals surface area contributed by atoms with E-state index in [1.54, 1.807) is 7.05 Å². The predicted molar refractivity (Wildman–Crippen MR) is 127 cm³/mol. The van der Waals surface area contributed by atoms with E-state index in [0.717, 1.165) is 54.0 Å². The molecule has 1 atom stereocenters. The Morgan fingerprint density at radius 1 is 1.18 bits per heavy atom. The summed E-state index contributed by atoms with van der Waals surface area (Å²) in [5, 5.41) is 10.3. The lowest BCUT2D eigenvalue weighted by atomic mass is 10.1. The van der Waals surface area contributed by atoms with Crippen LogP contribution in [0.4, 0.5) is 0 Å². The lowest BCUT2D eigenvalue weighted by molar-refractivity contribution is -0.105. The molecule has 34 heavy (non-hydrogen) atoms. The van der Waals surface area contributed by atoms with Crippen LogP contribution in [0.3, 0.4) is 0 Å².